The number of aryl methyl sites for hydroxylation is 1. The van der Waals surface area contributed by atoms with Gasteiger partial charge in [-0.15, -0.1) is 0 Å². The maximum atomic E-state index is 12.2. The predicted octanol–water partition coefficient (Wildman–Crippen LogP) is 3.82. The van der Waals surface area contributed by atoms with Crippen molar-refractivity contribution in [3.8, 4) is 11.5 Å². The molecular formula is C21H25NO4. The van der Waals surface area contributed by atoms with E-state index in [4.69, 9.17) is 14.2 Å². The summed E-state index contributed by atoms with van der Waals surface area (Å²) >= 11 is 0. The van der Waals surface area contributed by atoms with Crippen LogP contribution in [0.3, 0.4) is 0 Å². The molecule has 1 fully saturated rings. The van der Waals surface area contributed by atoms with Crippen LogP contribution in [0.4, 0.5) is 5.69 Å². The standard InChI is InChI=1S/C21H25NO4/c1-2-16-7-5-8-17(13-16)25-15-21(23)22-19-10-3-4-11-20(19)26-14-18-9-6-12-24-18/h3-5,7-8,10-11,13,18H,2,6,9,12,14-15H2,1H3,(H,22,23). The minimum Gasteiger partial charge on any atom is -0.489 e. The second-order valence-electron chi connectivity index (χ2n) is 6.28. The fourth-order valence-electron chi connectivity index (χ4n) is 2.84. The van der Waals surface area contributed by atoms with Gasteiger partial charge in [-0.3, -0.25) is 4.79 Å². The van der Waals surface area contributed by atoms with Crippen molar-refractivity contribution in [1.29, 1.82) is 0 Å². The Kier molecular flexibility index (Phi) is 6.50. The van der Waals surface area contributed by atoms with Crippen molar-refractivity contribution in [2.75, 3.05) is 25.1 Å². The Morgan fingerprint density at radius 1 is 1.19 bits per heavy atom. The average molecular weight is 355 g/mol. The average Bonchev–Trinajstić information content (AvgIpc) is 3.19. The number of rotatable bonds is 8. The summed E-state index contributed by atoms with van der Waals surface area (Å²) in [6, 6.07) is 15.2. The summed E-state index contributed by atoms with van der Waals surface area (Å²) in [5.74, 6) is 1.12. The third kappa shape index (κ3) is 5.23. The predicted molar refractivity (Wildman–Crippen MR) is 101 cm³/mol. The molecule has 0 aliphatic carbocycles. The van der Waals surface area contributed by atoms with E-state index in [2.05, 4.69) is 12.2 Å². The number of amides is 1. The largest absolute Gasteiger partial charge is 0.489 e. The fourth-order valence-corrected chi connectivity index (χ4v) is 2.84. The maximum Gasteiger partial charge on any atom is 0.262 e. The zero-order valence-electron chi connectivity index (χ0n) is 15.1. The first-order valence-corrected chi connectivity index (χ1v) is 9.09. The van der Waals surface area contributed by atoms with E-state index in [0.29, 0.717) is 23.8 Å². The van der Waals surface area contributed by atoms with Crippen LogP contribution in [0.2, 0.25) is 0 Å². The van der Waals surface area contributed by atoms with E-state index in [-0.39, 0.29) is 18.6 Å². The van der Waals surface area contributed by atoms with Crippen LogP contribution in [-0.2, 0) is 16.0 Å². The molecule has 138 valence electrons. The van der Waals surface area contributed by atoms with Crippen molar-refractivity contribution in [2.24, 2.45) is 0 Å². The summed E-state index contributed by atoms with van der Waals surface area (Å²) in [7, 11) is 0. The number of hydrogen-bond acceptors (Lipinski definition) is 4. The van der Waals surface area contributed by atoms with Crippen LogP contribution < -0.4 is 14.8 Å². The molecule has 3 rings (SSSR count). The summed E-state index contributed by atoms with van der Waals surface area (Å²) in [4.78, 5) is 12.2. The fraction of sp³-hybridized carbons (Fsp3) is 0.381. The number of anilines is 1. The minimum absolute atomic E-state index is 0.0484. The molecule has 26 heavy (non-hydrogen) atoms. The Morgan fingerprint density at radius 3 is 2.88 bits per heavy atom. The van der Waals surface area contributed by atoms with E-state index in [9.17, 15) is 4.79 Å². The van der Waals surface area contributed by atoms with Gasteiger partial charge in [0.05, 0.1) is 11.8 Å². The van der Waals surface area contributed by atoms with Crippen LogP contribution in [0.15, 0.2) is 48.5 Å². The maximum absolute atomic E-state index is 12.2. The molecule has 5 nitrogen and oxygen atoms in total. The number of carbonyl (C=O) groups is 1. The molecule has 2 aromatic rings. The van der Waals surface area contributed by atoms with Gasteiger partial charge in [0, 0.05) is 6.61 Å². The third-order valence-corrected chi connectivity index (χ3v) is 4.29. The zero-order valence-corrected chi connectivity index (χ0v) is 15.1. The monoisotopic (exact) mass is 355 g/mol. The lowest BCUT2D eigenvalue weighted by atomic mass is 10.2. The molecule has 0 aromatic heterocycles. The van der Waals surface area contributed by atoms with Crippen LogP contribution in [0.25, 0.3) is 0 Å². The summed E-state index contributed by atoms with van der Waals surface area (Å²) in [5.41, 5.74) is 1.82. The highest BCUT2D eigenvalue weighted by Crippen LogP contribution is 2.25. The number of benzene rings is 2. The quantitative estimate of drug-likeness (QED) is 0.782. The van der Waals surface area contributed by atoms with Gasteiger partial charge in [0.2, 0.25) is 0 Å². The van der Waals surface area contributed by atoms with Crippen LogP contribution in [-0.4, -0.2) is 31.8 Å². The number of ether oxygens (including phenoxy) is 3. The molecule has 1 aliphatic rings. The molecule has 0 radical (unpaired) electrons. The Labute approximate surface area is 154 Å². The summed E-state index contributed by atoms with van der Waals surface area (Å²) in [6.07, 6.45) is 3.15. The van der Waals surface area contributed by atoms with E-state index in [1.165, 1.54) is 5.56 Å². The summed E-state index contributed by atoms with van der Waals surface area (Å²) in [6.45, 7) is 3.32. The summed E-state index contributed by atoms with van der Waals surface area (Å²) in [5, 5.41) is 2.86. The van der Waals surface area contributed by atoms with Crippen molar-refractivity contribution < 1.29 is 19.0 Å². The highest BCUT2D eigenvalue weighted by molar-refractivity contribution is 5.93. The molecule has 1 atom stereocenters. The number of carbonyl (C=O) groups excluding carboxylic acids is 1. The molecule has 5 heteroatoms. The lowest BCUT2D eigenvalue weighted by Crippen LogP contribution is -2.21. The molecule has 1 N–H and O–H groups in total. The Balaban J connectivity index is 1.53. The second kappa shape index (κ2) is 9.25. The molecule has 1 aliphatic heterocycles. The first-order chi connectivity index (χ1) is 12.7. The summed E-state index contributed by atoms with van der Waals surface area (Å²) < 4.78 is 17.0. The van der Waals surface area contributed by atoms with Gasteiger partial charge in [0.25, 0.3) is 5.91 Å². The topological polar surface area (TPSA) is 56.8 Å². The van der Waals surface area contributed by atoms with Gasteiger partial charge in [-0.1, -0.05) is 31.2 Å². The molecule has 2 aromatic carbocycles. The van der Waals surface area contributed by atoms with E-state index in [1.54, 1.807) is 0 Å². The third-order valence-electron chi connectivity index (χ3n) is 4.29. The highest BCUT2D eigenvalue weighted by atomic mass is 16.5. The van der Waals surface area contributed by atoms with Crippen molar-refractivity contribution in [3.05, 3.63) is 54.1 Å². The van der Waals surface area contributed by atoms with Gasteiger partial charge >= 0.3 is 0 Å². The first-order valence-electron chi connectivity index (χ1n) is 9.09. The Bertz CT molecular complexity index is 725. The molecule has 1 unspecified atom stereocenters. The van der Waals surface area contributed by atoms with Crippen LogP contribution in [0.1, 0.15) is 25.3 Å². The zero-order chi connectivity index (χ0) is 18.2. The number of para-hydroxylation sites is 2. The molecule has 0 spiro atoms. The van der Waals surface area contributed by atoms with Crippen molar-refractivity contribution in [2.45, 2.75) is 32.3 Å². The van der Waals surface area contributed by atoms with Crippen LogP contribution >= 0.6 is 0 Å². The van der Waals surface area contributed by atoms with E-state index in [1.807, 2.05) is 48.5 Å². The normalized spacial score (nSPS) is 16.3. The lowest BCUT2D eigenvalue weighted by molar-refractivity contribution is -0.118. The van der Waals surface area contributed by atoms with Crippen LogP contribution in [0, 0.1) is 0 Å². The lowest BCUT2D eigenvalue weighted by Gasteiger charge is -2.15. The van der Waals surface area contributed by atoms with Gasteiger partial charge in [0.15, 0.2) is 6.61 Å². The molecular weight excluding hydrogens is 330 g/mol. The first kappa shape index (κ1) is 18.3. The van der Waals surface area contributed by atoms with Gasteiger partial charge < -0.3 is 19.5 Å². The number of hydrogen-bond donors (Lipinski definition) is 1. The van der Waals surface area contributed by atoms with Crippen molar-refractivity contribution >= 4 is 11.6 Å². The molecule has 1 saturated heterocycles. The van der Waals surface area contributed by atoms with Crippen molar-refractivity contribution in [1.82, 2.24) is 0 Å². The Morgan fingerprint density at radius 2 is 2.08 bits per heavy atom. The van der Waals surface area contributed by atoms with Crippen LogP contribution in [0.5, 0.6) is 11.5 Å². The van der Waals surface area contributed by atoms with Gasteiger partial charge in [-0.25, -0.2) is 0 Å². The van der Waals surface area contributed by atoms with E-state index >= 15 is 0 Å². The van der Waals surface area contributed by atoms with Gasteiger partial charge in [-0.05, 0) is 49.1 Å². The number of nitrogens with one attached hydrogen (secondary N) is 1. The van der Waals surface area contributed by atoms with Gasteiger partial charge in [0.1, 0.15) is 18.1 Å². The van der Waals surface area contributed by atoms with Crippen molar-refractivity contribution in [3.63, 3.8) is 0 Å². The highest BCUT2D eigenvalue weighted by Gasteiger charge is 2.17. The molecule has 0 bridgehead atoms. The van der Waals surface area contributed by atoms with E-state index in [0.717, 1.165) is 25.9 Å². The molecule has 0 saturated carbocycles. The minimum atomic E-state index is -0.222. The smallest absolute Gasteiger partial charge is 0.262 e. The molecule has 1 amide bonds. The van der Waals surface area contributed by atoms with E-state index < -0.39 is 0 Å². The SMILES string of the molecule is CCc1cccc(OCC(=O)Nc2ccccc2OCC2CCCO2)c1. The Hall–Kier alpha value is -2.53. The van der Waals surface area contributed by atoms with Gasteiger partial charge in [-0.2, -0.15) is 0 Å². The second-order valence-corrected chi connectivity index (χ2v) is 6.28. The molecule has 1 heterocycles.